The van der Waals surface area contributed by atoms with Crippen LogP contribution in [0.25, 0.3) is 6.08 Å². The van der Waals surface area contributed by atoms with Gasteiger partial charge < -0.3 is 9.47 Å². The second-order valence-corrected chi connectivity index (χ2v) is 9.75. The van der Waals surface area contributed by atoms with Gasteiger partial charge in [0.05, 0.1) is 23.1 Å². The highest BCUT2D eigenvalue weighted by atomic mass is 79.9. The highest BCUT2D eigenvalue weighted by Crippen LogP contribution is 2.39. The molecule has 5 nitrogen and oxygen atoms in total. The Kier molecular flexibility index (Phi) is 7.98. The zero-order valence-corrected chi connectivity index (χ0v) is 21.5. The van der Waals surface area contributed by atoms with E-state index in [1.807, 2.05) is 61.5 Å². The molecule has 2 amide bonds. The molecule has 174 valence electrons. The van der Waals surface area contributed by atoms with Crippen molar-refractivity contribution < 1.29 is 19.1 Å². The number of ether oxygens (including phenoxy) is 2. The molecule has 8 heteroatoms. The summed E-state index contributed by atoms with van der Waals surface area (Å²) >= 11 is 10.8. The Morgan fingerprint density at radius 1 is 1.00 bits per heavy atom. The number of rotatable bonds is 8. The van der Waals surface area contributed by atoms with Gasteiger partial charge in [0.25, 0.3) is 11.1 Å². The van der Waals surface area contributed by atoms with Crippen molar-refractivity contribution in [2.24, 2.45) is 0 Å². The first-order valence-corrected chi connectivity index (χ1v) is 12.6. The van der Waals surface area contributed by atoms with E-state index < -0.39 is 0 Å². The minimum atomic E-state index is -0.337. The molecule has 1 heterocycles. The molecule has 0 radical (unpaired) electrons. The molecule has 0 atom stereocenters. The maximum atomic E-state index is 12.9. The van der Waals surface area contributed by atoms with Crippen molar-refractivity contribution in [1.29, 1.82) is 0 Å². The van der Waals surface area contributed by atoms with Crippen LogP contribution in [-0.2, 0) is 17.9 Å². The Balaban J connectivity index is 1.55. The van der Waals surface area contributed by atoms with Crippen LogP contribution in [0.2, 0.25) is 5.02 Å². The number of hydrogen-bond acceptors (Lipinski definition) is 5. The predicted molar refractivity (Wildman–Crippen MR) is 139 cm³/mol. The fourth-order valence-corrected chi connectivity index (χ4v) is 4.74. The van der Waals surface area contributed by atoms with Gasteiger partial charge in [0.2, 0.25) is 0 Å². The standard InChI is InChI=1S/C26H21BrClNO4S/c1-2-32-22-13-19(12-21(28)24(22)33-16-18-6-4-3-5-7-18)14-23-25(30)29(26(31)34-23)15-17-8-10-20(27)11-9-17/h3-14H,2,15-16H2,1H3/b23-14-. The minimum absolute atomic E-state index is 0.215. The number of thioether (sulfide) groups is 1. The van der Waals surface area contributed by atoms with Crippen LogP contribution in [0.3, 0.4) is 0 Å². The van der Waals surface area contributed by atoms with Gasteiger partial charge in [0, 0.05) is 4.47 Å². The van der Waals surface area contributed by atoms with E-state index in [4.69, 9.17) is 21.1 Å². The fraction of sp³-hybridized carbons (Fsp3) is 0.154. The molecule has 3 aromatic carbocycles. The quantitative estimate of drug-likeness (QED) is 0.271. The number of amides is 2. The van der Waals surface area contributed by atoms with Crippen LogP contribution < -0.4 is 9.47 Å². The average Bonchev–Trinajstić information content (AvgIpc) is 3.08. The van der Waals surface area contributed by atoms with Gasteiger partial charge in [-0.1, -0.05) is 70.0 Å². The summed E-state index contributed by atoms with van der Waals surface area (Å²) in [4.78, 5) is 27.0. The monoisotopic (exact) mass is 557 g/mol. The summed E-state index contributed by atoms with van der Waals surface area (Å²) in [5.74, 6) is 0.579. The number of nitrogens with zero attached hydrogens (tertiary/aromatic N) is 1. The smallest absolute Gasteiger partial charge is 0.293 e. The summed E-state index contributed by atoms with van der Waals surface area (Å²) < 4.78 is 12.6. The van der Waals surface area contributed by atoms with E-state index in [9.17, 15) is 9.59 Å². The lowest BCUT2D eigenvalue weighted by atomic mass is 10.1. The summed E-state index contributed by atoms with van der Waals surface area (Å²) in [6.07, 6.45) is 1.65. The molecule has 0 aromatic heterocycles. The second-order valence-electron chi connectivity index (χ2n) is 7.43. The van der Waals surface area contributed by atoms with Crippen LogP contribution in [0.5, 0.6) is 11.5 Å². The number of imide groups is 1. The summed E-state index contributed by atoms with van der Waals surface area (Å²) in [6.45, 7) is 2.85. The maximum absolute atomic E-state index is 12.9. The molecule has 0 saturated carbocycles. The SMILES string of the molecule is CCOc1cc(/C=C2\SC(=O)N(Cc3ccc(Br)cc3)C2=O)cc(Cl)c1OCc1ccccc1. The first-order valence-electron chi connectivity index (χ1n) is 10.6. The number of halogens is 2. The lowest BCUT2D eigenvalue weighted by Crippen LogP contribution is -2.27. The van der Waals surface area contributed by atoms with Crippen LogP contribution >= 0.6 is 39.3 Å². The van der Waals surface area contributed by atoms with Crippen molar-refractivity contribution in [3.8, 4) is 11.5 Å². The van der Waals surface area contributed by atoms with E-state index >= 15 is 0 Å². The highest BCUT2D eigenvalue weighted by molar-refractivity contribution is 9.10. The van der Waals surface area contributed by atoms with Gasteiger partial charge in [-0.25, -0.2) is 0 Å². The van der Waals surface area contributed by atoms with Crippen molar-refractivity contribution in [1.82, 2.24) is 4.90 Å². The average molecular weight is 559 g/mol. The van der Waals surface area contributed by atoms with Gasteiger partial charge in [-0.3, -0.25) is 14.5 Å². The van der Waals surface area contributed by atoms with Crippen molar-refractivity contribution >= 4 is 56.5 Å². The number of hydrogen-bond donors (Lipinski definition) is 0. The number of carbonyl (C=O) groups is 2. The van der Waals surface area contributed by atoms with Gasteiger partial charge >= 0.3 is 0 Å². The van der Waals surface area contributed by atoms with Gasteiger partial charge in [-0.2, -0.15) is 0 Å². The van der Waals surface area contributed by atoms with E-state index in [0.717, 1.165) is 27.4 Å². The molecule has 0 unspecified atom stereocenters. The fourth-order valence-electron chi connectivity index (χ4n) is 3.36. The van der Waals surface area contributed by atoms with Crippen LogP contribution in [0, 0.1) is 0 Å². The molecular weight excluding hydrogens is 538 g/mol. The largest absolute Gasteiger partial charge is 0.490 e. The summed E-state index contributed by atoms with van der Waals surface area (Å²) in [5, 5.41) is 0.0559. The van der Waals surface area contributed by atoms with E-state index in [1.165, 1.54) is 4.90 Å². The lowest BCUT2D eigenvalue weighted by molar-refractivity contribution is -0.123. The third kappa shape index (κ3) is 5.84. The Labute approximate surface area is 215 Å². The van der Waals surface area contributed by atoms with Gasteiger partial charge in [-0.15, -0.1) is 0 Å². The molecule has 1 aliphatic rings. The number of carbonyl (C=O) groups excluding carboxylic acids is 2. The Bertz CT molecular complexity index is 1230. The zero-order valence-electron chi connectivity index (χ0n) is 18.3. The molecule has 0 aliphatic carbocycles. The molecule has 1 saturated heterocycles. The van der Waals surface area contributed by atoms with Crippen molar-refractivity contribution in [3.05, 3.63) is 97.8 Å². The van der Waals surface area contributed by atoms with Crippen molar-refractivity contribution in [2.75, 3.05) is 6.61 Å². The minimum Gasteiger partial charge on any atom is -0.490 e. The first kappa shape index (κ1) is 24.4. The molecule has 1 fully saturated rings. The summed E-state index contributed by atoms with van der Waals surface area (Å²) in [7, 11) is 0. The maximum Gasteiger partial charge on any atom is 0.293 e. The second kappa shape index (κ2) is 11.1. The molecule has 3 aromatic rings. The first-order chi connectivity index (χ1) is 16.4. The van der Waals surface area contributed by atoms with Crippen molar-refractivity contribution in [2.45, 2.75) is 20.1 Å². The molecule has 0 N–H and O–H groups in total. The lowest BCUT2D eigenvalue weighted by Gasteiger charge is -2.15. The molecule has 34 heavy (non-hydrogen) atoms. The third-order valence-electron chi connectivity index (χ3n) is 4.98. The predicted octanol–water partition coefficient (Wildman–Crippen LogP) is 7.32. The van der Waals surface area contributed by atoms with E-state index in [0.29, 0.717) is 40.2 Å². The van der Waals surface area contributed by atoms with Crippen LogP contribution in [0.4, 0.5) is 4.79 Å². The van der Waals surface area contributed by atoms with Crippen LogP contribution in [0.1, 0.15) is 23.6 Å². The Morgan fingerprint density at radius 3 is 2.44 bits per heavy atom. The Hall–Kier alpha value is -2.74. The normalized spacial score (nSPS) is 14.7. The van der Waals surface area contributed by atoms with E-state index in [2.05, 4.69) is 15.9 Å². The van der Waals surface area contributed by atoms with E-state index in [1.54, 1.807) is 18.2 Å². The van der Waals surface area contributed by atoms with Gasteiger partial charge in [0.15, 0.2) is 11.5 Å². The molecule has 0 spiro atoms. The summed E-state index contributed by atoms with van der Waals surface area (Å²) in [6, 6.07) is 20.7. The van der Waals surface area contributed by atoms with Crippen LogP contribution in [-0.4, -0.2) is 22.7 Å². The van der Waals surface area contributed by atoms with Crippen molar-refractivity contribution in [3.63, 3.8) is 0 Å². The van der Waals surface area contributed by atoms with Gasteiger partial charge in [0.1, 0.15) is 6.61 Å². The molecule has 4 rings (SSSR count). The molecule has 1 aliphatic heterocycles. The molecular formula is C26H21BrClNO4S. The Morgan fingerprint density at radius 2 is 1.74 bits per heavy atom. The van der Waals surface area contributed by atoms with Crippen LogP contribution in [0.15, 0.2) is 76.1 Å². The highest BCUT2D eigenvalue weighted by Gasteiger charge is 2.35. The third-order valence-corrected chi connectivity index (χ3v) is 6.70. The summed E-state index contributed by atoms with van der Waals surface area (Å²) in [5.41, 5.74) is 2.52. The topological polar surface area (TPSA) is 55.8 Å². The zero-order chi connectivity index (χ0) is 24.1. The molecule has 0 bridgehead atoms. The van der Waals surface area contributed by atoms with Gasteiger partial charge in [-0.05, 0) is 65.7 Å². The number of benzene rings is 3. The van der Waals surface area contributed by atoms with E-state index in [-0.39, 0.29) is 17.7 Å².